The van der Waals surface area contributed by atoms with Crippen LogP contribution < -0.4 is 5.32 Å². The largest absolute Gasteiger partial charge is 0.321 e. The van der Waals surface area contributed by atoms with Gasteiger partial charge < -0.3 is 5.32 Å². The molecule has 0 spiro atoms. The Bertz CT molecular complexity index is 1200. The number of hydrogen-bond donors (Lipinski definition) is 1. The fourth-order valence-corrected chi connectivity index (χ4v) is 3.55. The molecule has 0 aliphatic rings. The molecule has 0 bridgehead atoms. The number of pyridine rings is 1. The number of rotatable bonds is 3. The molecule has 0 fully saturated rings. The molecule has 3 nitrogen and oxygen atoms in total. The molecule has 0 aliphatic carbocycles. The Labute approximate surface area is 172 Å². The van der Waals surface area contributed by atoms with Gasteiger partial charge in [0.1, 0.15) is 0 Å². The Kier molecular flexibility index (Phi) is 5.03. The van der Waals surface area contributed by atoms with Gasteiger partial charge in [0.25, 0.3) is 5.91 Å². The molecule has 0 unspecified atom stereocenters. The molecule has 1 aromatic heterocycles. The normalized spacial score (nSPS) is 10.8. The second-order valence-electron chi connectivity index (χ2n) is 6.52. The van der Waals surface area contributed by atoms with Crippen molar-refractivity contribution in [1.29, 1.82) is 0 Å². The standard InChI is InChI=1S/C23H16Cl2N2O/c1-14-5-4-6-15(11-14)22-13-18(17-7-2-3-8-20(17)26-22)23(28)27-21-10-9-16(24)12-19(21)25/h2-13H,1H3,(H,27,28). The minimum absolute atomic E-state index is 0.253. The molecule has 0 saturated heterocycles. The van der Waals surface area contributed by atoms with Crippen LogP contribution in [0.2, 0.25) is 10.0 Å². The molecule has 0 atom stereocenters. The van der Waals surface area contributed by atoms with Crippen molar-refractivity contribution in [3.8, 4) is 11.3 Å². The average molecular weight is 407 g/mol. The SMILES string of the molecule is Cc1cccc(-c2cc(C(=O)Nc3ccc(Cl)cc3Cl)c3ccccc3n2)c1. The van der Waals surface area contributed by atoms with Gasteiger partial charge >= 0.3 is 0 Å². The number of carbonyl (C=O) groups excluding carboxylic acids is 1. The van der Waals surface area contributed by atoms with Gasteiger partial charge in [0.15, 0.2) is 0 Å². The number of halogens is 2. The molecule has 5 heteroatoms. The van der Waals surface area contributed by atoms with E-state index in [1.165, 1.54) is 0 Å². The number of aryl methyl sites for hydroxylation is 1. The fraction of sp³-hybridized carbons (Fsp3) is 0.0435. The van der Waals surface area contributed by atoms with E-state index in [4.69, 9.17) is 28.2 Å². The van der Waals surface area contributed by atoms with Gasteiger partial charge in [-0.2, -0.15) is 0 Å². The van der Waals surface area contributed by atoms with Gasteiger partial charge in [0.05, 0.1) is 27.5 Å². The third kappa shape index (κ3) is 3.72. The number of amides is 1. The van der Waals surface area contributed by atoms with Gasteiger partial charge in [0, 0.05) is 16.0 Å². The van der Waals surface area contributed by atoms with E-state index < -0.39 is 0 Å². The van der Waals surface area contributed by atoms with Crippen LogP contribution in [0.4, 0.5) is 5.69 Å². The first-order chi connectivity index (χ1) is 13.5. The number of carbonyl (C=O) groups is 1. The van der Waals surface area contributed by atoms with Crippen LogP contribution in [0.25, 0.3) is 22.2 Å². The lowest BCUT2D eigenvalue weighted by Crippen LogP contribution is -2.13. The van der Waals surface area contributed by atoms with Crippen LogP contribution in [-0.4, -0.2) is 10.9 Å². The minimum Gasteiger partial charge on any atom is -0.321 e. The van der Waals surface area contributed by atoms with Crippen molar-refractivity contribution < 1.29 is 4.79 Å². The van der Waals surface area contributed by atoms with E-state index >= 15 is 0 Å². The van der Waals surface area contributed by atoms with Crippen LogP contribution in [-0.2, 0) is 0 Å². The molecule has 1 amide bonds. The lowest BCUT2D eigenvalue weighted by Gasteiger charge is -2.12. The van der Waals surface area contributed by atoms with Crippen molar-refractivity contribution in [1.82, 2.24) is 4.98 Å². The summed E-state index contributed by atoms with van der Waals surface area (Å²) in [5.74, 6) is -0.253. The number of nitrogens with one attached hydrogen (secondary N) is 1. The second-order valence-corrected chi connectivity index (χ2v) is 7.36. The first-order valence-electron chi connectivity index (χ1n) is 8.74. The predicted molar refractivity (Wildman–Crippen MR) is 116 cm³/mol. The first-order valence-corrected chi connectivity index (χ1v) is 9.50. The number of para-hydroxylation sites is 1. The predicted octanol–water partition coefficient (Wildman–Crippen LogP) is 6.77. The van der Waals surface area contributed by atoms with Gasteiger partial charge in [-0.15, -0.1) is 0 Å². The van der Waals surface area contributed by atoms with Crippen LogP contribution in [0.3, 0.4) is 0 Å². The highest BCUT2D eigenvalue weighted by molar-refractivity contribution is 6.37. The molecular formula is C23H16Cl2N2O. The number of aromatic nitrogens is 1. The van der Waals surface area contributed by atoms with Crippen molar-refractivity contribution in [2.24, 2.45) is 0 Å². The Balaban J connectivity index is 1.81. The molecule has 28 heavy (non-hydrogen) atoms. The van der Waals surface area contributed by atoms with Gasteiger partial charge in [-0.1, -0.05) is 65.2 Å². The van der Waals surface area contributed by atoms with E-state index in [0.717, 1.165) is 27.7 Å². The minimum atomic E-state index is -0.253. The number of benzene rings is 3. The molecule has 4 rings (SSSR count). The van der Waals surface area contributed by atoms with E-state index in [9.17, 15) is 4.79 Å². The number of anilines is 1. The van der Waals surface area contributed by atoms with Gasteiger partial charge in [-0.05, 0) is 43.3 Å². The quantitative estimate of drug-likeness (QED) is 0.407. The summed E-state index contributed by atoms with van der Waals surface area (Å²) in [6.45, 7) is 2.03. The highest BCUT2D eigenvalue weighted by Gasteiger charge is 2.15. The highest BCUT2D eigenvalue weighted by atomic mass is 35.5. The van der Waals surface area contributed by atoms with Crippen LogP contribution in [0.1, 0.15) is 15.9 Å². The summed E-state index contributed by atoms with van der Waals surface area (Å²) in [6.07, 6.45) is 0. The number of fused-ring (bicyclic) bond motifs is 1. The van der Waals surface area contributed by atoms with Crippen LogP contribution in [0, 0.1) is 6.92 Å². The molecule has 1 N–H and O–H groups in total. The Morgan fingerprint density at radius 3 is 2.54 bits per heavy atom. The maximum atomic E-state index is 13.1. The first kappa shape index (κ1) is 18.5. The van der Waals surface area contributed by atoms with Crippen LogP contribution >= 0.6 is 23.2 Å². The maximum absolute atomic E-state index is 13.1. The number of nitrogens with zero attached hydrogens (tertiary/aromatic N) is 1. The van der Waals surface area contributed by atoms with Crippen LogP contribution in [0.5, 0.6) is 0 Å². The van der Waals surface area contributed by atoms with E-state index in [1.807, 2.05) is 55.5 Å². The third-order valence-corrected chi connectivity index (χ3v) is 5.00. The monoisotopic (exact) mass is 406 g/mol. The molecular weight excluding hydrogens is 391 g/mol. The van der Waals surface area contributed by atoms with Gasteiger partial charge in [-0.3, -0.25) is 4.79 Å². The van der Waals surface area contributed by atoms with Crippen molar-refractivity contribution in [3.63, 3.8) is 0 Å². The Hall–Kier alpha value is -2.88. The summed E-state index contributed by atoms with van der Waals surface area (Å²) in [7, 11) is 0. The number of hydrogen-bond acceptors (Lipinski definition) is 2. The van der Waals surface area contributed by atoms with Gasteiger partial charge in [-0.25, -0.2) is 4.98 Å². The molecule has 138 valence electrons. The van der Waals surface area contributed by atoms with Crippen molar-refractivity contribution >= 4 is 45.7 Å². The topological polar surface area (TPSA) is 42.0 Å². The van der Waals surface area contributed by atoms with Crippen LogP contribution in [0.15, 0.2) is 72.8 Å². The average Bonchev–Trinajstić information content (AvgIpc) is 2.69. The van der Waals surface area contributed by atoms with E-state index in [0.29, 0.717) is 21.3 Å². The van der Waals surface area contributed by atoms with E-state index in [-0.39, 0.29) is 5.91 Å². The molecule has 0 radical (unpaired) electrons. The van der Waals surface area contributed by atoms with Crippen molar-refractivity contribution in [2.75, 3.05) is 5.32 Å². The van der Waals surface area contributed by atoms with Crippen molar-refractivity contribution in [2.45, 2.75) is 6.92 Å². The molecule has 3 aromatic carbocycles. The molecule has 1 heterocycles. The zero-order valence-electron chi connectivity index (χ0n) is 15.0. The highest BCUT2D eigenvalue weighted by Crippen LogP contribution is 2.29. The summed E-state index contributed by atoms with van der Waals surface area (Å²) in [5, 5.41) is 4.56. The Morgan fingerprint density at radius 1 is 0.929 bits per heavy atom. The molecule has 4 aromatic rings. The molecule has 0 saturated carbocycles. The maximum Gasteiger partial charge on any atom is 0.256 e. The zero-order valence-corrected chi connectivity index (χ0v) is 16.6. The lowest BCUT2D eigenvalue weighted by atomic mass is 10.0. The van der Waals surface area contributed by atoms with E-state index in [1.54, 1.807) is 18.2 Å². The van der Waals surface area contributed by atoms with E-state index in [2.05, 4.69) is 11.4 Å². The molecule has 0 aliphatic heterocycles. The summed E-state index contributed by atoms with van der Waals surface area (Å²) in [4.78, 5) is 17.8. The smallest absolute Gasteiger partial charge is 0.256 e. The third-order valence-electron chi connectivity index (χ3n) is 4.45. The van der Waals surface area contributed by atoms with Crippen molar-refractivity contribution in [3.05, 3.63) is 94.0 Å². The second kappa shape index (κ2) is 7.63. The summed E-state index contributed by atoms with van der Waals surface area (Å²) >= 11 is 12.2. The van der Waals surface area contributed by atoms with Gasteiger partial charge in [0.2, 0.25) is 0 Å². The fourth-order valence-electron chi connectivity index (χ4n) is 3.10. The summed E-state index contributed by atoms with van der Waals surface area (Å²) in [6, 6.07) is 22.4. The summed E-state index contributed by atoms with van der Waals surface area (Å²) < 4.78 is 0. The lowest BCUT2D eigenvalue weighted by molar-refractivity contribution is 0.102. The Morgan fingerprint density at radius 2 is 1.75 bits per heavy atom. The zero-order chi connectivity index (χ0) is 19.7. The summed E-state index contributed by atoms with van der Waals surface area (Å²) in [5.41, 5.74) is 4.64.